The number of aliphatic hydroxyl groups excluding tert-OH is 1. The van der Waals surface area contributed by atoms with Gasteiger partial charge in [-0.25, -0.2) is 8.78 Å². The Hall–Kier alpha value is -2.44. The van der Waals surface area contributed by atoms with Gasteiger partial charge in [-0.1, -0.05) is 0 Å². The maximum atomic E-state index is 15.3. The standard InChI is InChI=1S/C21H21F5N2O5/c22-20(23,15-8-31-12(6-29)7-32-15)10-28-9-19(3-4-19)27-18(30)17-16(28)13-5-11(21(24,25)26)1-2-14(13)33-17/h1-2,5,12,15,29H,3-4,6-10H2,(H,27,30)/t12-,15-/m1/s1. The fraction of sp³-hybridized carbons (Fsp3) is 0.571. The van der Waals surface area contributed by atoms with Gasteiger partial charge in [0.05, 0.1) is 43.2 Å². The van der Waals surface area contributed by atoms with Crippen LogP contribution in [0.5, 0.6) is 0 Å². The first-order chi connectivity index (χ1) is 15.5. The van der Waals surface area contributed by atoms with Crippen LogP contribution in [0.4, 0.5) is 27.6 Å². The smallest absolute Gasteiger partial charge is 0.416 e. The van der Waals surface area contributed by atoms with Crippen LogP contribution in [0, 0.1) is 0 Å². The first-order valence-electron chi connectivity index (χ1n) is 10.4. The van der Waals surface area contributed by atoms with Gasteiger partial charge in [0.1, 0.15) is 17.8 Å². The number of fused-ring (bicyclic) bond motifs is 3. The fourth-order valence-corrected chi connectivity index (χ4v) is 4.33. The Morgan fingerprint density at radius 2 is 1.91 bits per heavy atom. The number of hydrogen-bond acceptors (Lipinski definition) is 6. The lowest BCUT2D eigenvalue weighted by atomic mass is 10.1. The average Bonchev–Trinajstić information content (AvgIpc) is 3.41. The second kappa shape index (κ2) is 7.54. The first kappa shape index (κ1) is 22.4. The van der Waals surface area contributed by atoms with Crippen molar-refractivity contribution < 1.29 is 45.7 Å². The lowest BCUT2D eigenvalue weighted by Crippen LogP contribution is -2.54. The Kier molecular flexibility index (Phi) is 5.11. The minimum absolute atomic E-state index is 0.00810. The largest absolute Gasteiger partial charge is 0.449 e. The molecule has 180 valence electrons. The van der Waals surface area contributed by atoms with Gasteiger partial charge in [-0.2, -0.15) is 13.2 Å². The SMILES string of the molecule is O=C1NC2(CC2)CN(CC(F)(F)[C@H]2CO[C@H](CO)CO2)c2c1oc1ccc(C(F)(F)F)cc21. The third-order valence-corrected chi connectivity index (χ3v) is 6.28. The van der Waals surface area contributed by atoms with Crippen molar-refractivity contribution in [3.8, 4) is 0 Å². The highest BCUT2D eigenvalue weighted by atomic mass is 19.4. The summed E-state index contributed by atoms with van der Waals surface area (Å²) < 4.78 is 86.5. The molecular weight excluding hydrogens is 455 g/mol. The maximum absolute atomic E-state index is 15.3. The highest BCUT2D eigenvalue weighted by Gasteiger charge is 2.52. The predicted molar refractivity (Wildman–Crippen MR) is 104 cm³/mol. The number of benzene rings is 1. The molecule has 2 aromatic rings. The Morgan fingerprint density at radius 3 is 2.52 bits per heavy atom. The number of hydrogen-bond donors (Lipinski definition) is 2. The molecule has 0 bridgehead atoms. The van der Waals surface area contributed by atoms with Crippen molar-refractivity contribution in [2.24, 2.45) is 0 Å². The molecule has 2 N–H and O–H groups in total. The minimum Gasteiger partial charge on any atom is -0.449 e. The van der Waals surface area contributed by atoms with Crippen molar-refractivity contribution in [3.63, 3.8) is 0 Å². The number of nitrogens with zero attached hydrogens (tertiary/aromatic N) is 1. The lowest BCUT2D eigenvalue weighted by Gasteiger charge is -2.37. The predicted octanol–water partition coefficient (Wildman–Crippen LogP) is 2.95. The van der Waals surface area contributed by atoms with Crippen LogP contribution >= 0.6 is 0 Å². The Labute approximate surface area is 184 Å². The number of carbonyl (C=O) groups excluding carboxylic acids is 1. The van der Waals surface area contributed by atoms with E-state index < -0.39 is 54.5 Å². The van der Waals surface area contributed by atoms with Gasteiger partial charge in [0, 0.05) is 11.9 Å². The number of halogens is 5. The molecule has 5 rings (SSSR count). The van der Waals surface area contributed by atoms with Crippen molar-refractivity contribution in [2.45, 2.75) is 42.7 Å². The summed E-state index contributed by atoms with van der Waals surface area (Å²) >= 11 is 0. The van der Waals surface area contributed by atoms with E-state index in [-0.39, 0.29) is 42.2 Å². The van der Waals surface area contributed by atoms with Gasteiger partial charge in [-0.15, -0.1) is 0 Å². The molecule has 1 amide bonds. The molecular formula is C21H21F5N2O5. The summed E-state index contributed by atoms with van der Waals surface area (Å²) in [4.78, 5) is 14.0. The summed E-state index contributed by atoms with van der Waals surface area (Å²) in [7, 11) is 0. The van der Waals surface area contributed by atoms with Gasteiger partial charge in [-0.05, 0) is 31.0 Å². The summed E-state index contributed by atoms with van der Waals surface area (Å²) in [6.45, 7) is -1.97. The molecule has 1 saturated carbocycles. The third-order valence-electron chi connectivity index (χ3n) is 6.28. The van der Waals surface area contributed by atoms with Crippen molar-refractivity contribution in [1.82, 2.24) is 5.32 Å². The van der Waals surface area contributed by atoms with Gasteiger partial charge in [0.25, 0.3) is 11.8 Å². The number of furan rings is 1. The van der Waals surface area contributed by atoms with E-state index in [2.05, 4.69) is 5.32 Å². The number of alkyl halides is 5. The zero-order chi connectivity index (χ0) is 23.6. The molecule has 2 atom stereocenters. The number of ether oxygens (including phenoxy) is 2. The number of anilines is 1. The van der Waals surface area contributed by atoms with E-state index >= 15 is 8.78 Å². The lowest BCUT2D eigenvalue weighted by molar-refractivity contribution is -0.216. The molecule has 33 heavy (non-hydrogen) atoms. The topological polar surface area (TPSA) is 84.2 Å². The van der Waals surface area contributed by atoms with E-state index in [1.54, 1.807) is 0 Å². The average molecular weight is 476 g/mol. The van der Waals surface area contributed by atoms with Gasteiger partial charge >= 0.3 is 6.18 Å². The van der Waals surface area contributed by atoms with E-state index in [1.165, 1.54) is 4.90 Å². The van der Waals surface area contributed by atoms with Crippen LogP contribution in [-0.4, -0.2) is 67.6 Å². The molecule has 0 unspecified atom stereocenters. The van der Waals surface area contributed by atoms with Crippen molar-refractivity contribution in [1.29, 1.82) is 0 Å². The molecule has 2 aliphatic heterocycles. The van der Waals surface area contributed by atoms with Crippen LogP contribution < -0.4 is 10.2 Å². The van der Waals surface area contributed by atoms with Crippen LogP contribution in [0.1, 0.15) is 29.0 Å². The molecule has 0 radical (unpaired) electrons. The normalized spacial score (nSPS) is 25.2. The van der Waals surface area contributed by atoms with E-state index in [4.69, 9.17) is 19.0 Å². The van der Waals surface area contributed by atoms with Gasteiger partial charge < -0.3 is 29.2 Å². The highest BCUT2D eigenvalue weighted by Crippen LogP contribution is 2.46. The number of aliphatic hydroxyl groups is 1. The summed E-state index contributed by atoms with van der Waals surface area (Å²) in [5.74, 6) is -4.42. The molecule has 2 fully saturated rings. The summed E-state index contributed by atoms with van der Waals surface area (Å²) in [6, 6.07) is 2.71. The molecule has 1 aromatic carbocycles. The Bertz CT molecular complexity index is 1070. The third kappa shape index (κ3) is 4.04. The van der Waals surface area contributed by atoms with E-state index in [0.717, 1.165) is 18.2 Å². The van der Waals surface area contributed by atoms with Crippen molar-refractivity contribution >= 4 is 22.6 Å². The van der Waals surface area contributed by atoms with E-state index in [9.17, 15) is 18.0 Å². The first-order valence-corrected chi connectivity index (χ1v) is 10.4. The van der Waals surface area contributed by atoms with Gasteiger partial charge in [-0.3, -0.25) is 4.79 Å². The zero-order valence-corrected chi connectivity index (χ0v) is 17.3. The van der Waals surface area contributed by atoms with Crippen LogP contribution in [0.25, 0.3) is 11.0 Å². The second-order valence-electron chi connectivity index (χ2n) is 8.80. The molecule has 3 heterocycles. The summed E-state index contributed by atoms with van der Waals surface area (Å²) in [5, 5.41) is 11.8. The van der Waals surface area contributed by atoms with Crippen LogP contribution in [0.3, 0.4) is 0 Å². The Morgan fingerprint density at radius 1 is 1.15 bits per heavy atom. The van der Waals surface area contributed by atoms with Crippen molar-refractivity contribution in [2.75, 3.05) is 37.8 Å². The molecule has 12 heteroatoms. The number of amides is 1. The molecule has 1 spiro atoms. The Balaban J connectivity index is 1.54. The van der Waals surface area contributed by atoms with Crippen molar-refractivity contribution in [3.05, 3.63) is 29.5 Å². The summed E-state index contributed by atoms with van der Waals surface area (Å²) in [6.07, 6.45) is -5.86. The molecule has 1 saturated heterocycles. The zero-order valence-electron chi connectivity index (χ0n) is 17.3. The van der Waals surface area contributed by atoms with Crippen LogP contribution in [0.2, 0.25) is 0 Å². The molecule has 1 aromatic heterocycles. The van der Waals surface area contributed by atoms with Gasteiger partial charge in [0.15, 0.2) is 0 Å². The quantitative estimate of drug-likeness (QED) is 0.661. The van der Waals surface area contributed by atoms with Crippen LogP contribution in [0.15, 0.2) is 22.6 Å². The molecule has 3 aliphatic rings. The maximum Gasteiger partial charge on any atom is 0.416 e. The fourth-order valence-electron chi connectivity index (χ4n) is 4.33. The monoisotopic (exact) mass is 476 g/mol. The molecule has 7 nitrogen and oxygen atoms in total. The second-order valence-corrected chi connectivity index (χ2v) is 8.80. The van der Waals surface area contributed by atoms with Crippen LogP contribution in [-0.2, 0) is 15.7 Å². The number of carbonyl (C=O) groups is 1. The van der Waals surface area contributed by atoms with E-state index in [0.29, 0.717) is 12.8 Å². The minimum atomic E-state index is -4.66. The number of nitrogens with one attached hydrogen (secondary N) is 1. The molecule has 1 aliphatic carbocycles. The highest BCUT2D eigenvalue weighted by molar-refractivity contribution is 6.08. The van der Waals surface area contributed by atoms with E-state index in [1.807, 2.05) is 0 Å². The van der Waals surface area contributed by atoms with Gasteiger partial charge in [0.2, 0.25) is 5.76 Å². The number of rotatable bonds is 4. The summed E-state index contributed by atoms with van der Waals surface area (Å²) in [5.41, 5.74) is -1.82.